The summed E-state index contributed by atoms with van der Waals surface area (Å²) in [5.74, 6) is 2.08. The van der Waals surface area contributed by atoms with Crippen molar-refractivity contribution in [1.29, 1.82) is 0 Å². The first-order valence-electron chi connectivity index (χ1n) is 11.8. The van der Waals surface area contributed by atoms with Gasteiger partial charge in [-0.05, 0) is 67.7 Å². The predicted molar refractivity (Wildman–Crippen MR) is 135 cm³/mol. The van der Waals surface area contributed by atoms with E-state index >= 15 is 0 Å². The van der Waals surface area contributed by atoms with Crippen LogP contribution in [0, 0.1) is 0 Å². The van der Waals surface area contributed by atoms with E-state index in [4.69, 9.17) is 14.6 Å². The highest BCUT2D eigenvalue weighted by molar-refractivity contribution is 5.68. The van der Waals surface area contributed by atoms with Crippen LogP contribution < -0.4 is 20.1 Å². The van der Waals surface area contributed by atoms with Gasteiger partial charge in [-0.1, -0.05) is 19.9 Å². The lowest BCUT2D eigenvalue weighted by Crippen LogP contribution is -2.28. The zero-order chi connectivity index (χ0) is 23.3. The molecule has 8 nitrogen and oxygen atoms in total. The molecule has 176 valence electrons. The molecule has 0 atom stereocenters. The highest BCUT2D eigenvalue weighted by Gasteiger charge is 2.15. The molecule has 1 aliphatic rings. The van der Waals surface area contributed by atoms with Crippen molar-refractivity contribution in [3.63, 3.8) is 0 Å². The topological polar surface area (TPSA) is 76.0 Å². The zero-order valence-corrected chi connectivity index (χ0v) is 19.6. The Labute approximate surface area is 199 Å². The van der Waals surface area contributed by atoms with Gasteiger partial charge in [-0.25, -0.2) is 4.52 Å². The molecule has 34 heavy (non-hydrogen) atoms. The van der Waals surface area contributed by atoms with E-state index in [1.54, 1.807) is 0 Å². The SMILES string of the molecule is CCN(CC)CCNc1ccc(Nc2nc3cccc(-c4ccc5c(c4)OCCO5)n3n2)cc1. The maximum Gasteiger partial charge on any atom is 0.247 e. The van der Waals surface area contributed by atoms with Crippen LogP contribution >= 0.6 is 0 Å². The van der Waals surface area contributed by atoms with Gasteiger partial charge in [-0.15, -0.1) is 5.10 Å². The van der Waals surface area contributed by atoms with Crippen LogP contribution in [0.25, 0.3) is 16.9 Å². The van der Waals surface area contributed by atoms with Gasteiger partial charge in [0.15, 0.2) is 17.1 Å². The fourth-order valence-electron chi connectivity index (χ4n) is 4.08. The molecule has 2 N–H and O–H groups in total. The molecule has 0 spiro atoms. The van der Waals surface area contributed by atoms with Gasteiger partial charge in [0.05, 0.1) is 5.69 Å². The molecule has 0 saturated carbocycles. The molecular weight excluding hydrogens is 428 g/mol. The van der Waals surface area contributed by atoms with E-state index in [9.17, 15) is 0 Å². The zero-order valence-electron chi connectivity index (χ0n) is 19.6. The second kappa shape index (κ2) is 10.0. The molecule has 0 unspecified atom stereocenters. The van der Waals surface area contributed by atoms with Crippen molar-refractivity contribution in [2.75, 3.05) is 50.0 Å². The number of pyridine rings is 1. The number of nitrogens with zero attached hydrogens (tertiary/aromatic N) is 4. The largest absolute Gasteiger partial charge is 0.486 e. The standard InChI is InChI=1S/C26H30N6O2/c1-3-31(4-2)15-14-27-20-9-11-21(12-10-20)28-26-29-25-7-5-6-22(32(25)30-26)19-8-13-23-24(18-19)34-17-16-33-23/h5-13,18,27H,3-4,14-17H2,1-2H3,(H,28,30). The van der Waals surface area contributed by atoms with Crippen LogP contribution in [-0.2, 0) is 0 Å². The van der Waals surface area contributed by atoms with E-state index in [1.807, 2.05) is 53.0 Å². The third-order valence-electron chi connectivity index (χ3n) is 5.99. The summed E-state index contributed by atoms with van der Waals surface area (Å²) in [6.07, 6.45) is 0. The normalized spacial score (nSPS) is 12.8. The van der Waals surface area contributed by atoms with Crippen molar-refractivity contribution in [2.24, 2.45) is 0 Å². The first kappa shape index (κ1) is 22.0. The fourth-order valence-corrected chi connectivity index (χ4v) is 4.08. The summed E-state index contributed by atoms with van der Waals surface area (Å²) >= 11 is 0. The molecule has 2 aromatic heterocycles. The summed E-state index contributed by atoms with van der Waals surface area (Å²) in [4.78, 5) is 7.06. The van der Waals surface area contributed by atoms with E-state index in [1.165, 1.54) is 0 Å². The van der Waals surface area contributed by atoms with E-state index in [0.29, 0.717) is 19.2 Å². The van der Waals surface area contributed by atoms with Gasteiger partial charge < -0.3 is 25.0 Å². The summed E-state index contributed by atoms with van der Waals surface area (Å²) in [7, 11) is 0. The van der Waals surface area contributed by atoms with Crippen molar-refractivity contribution in [3.05, 3.63) is 60.7 Å². The van der Waals surface area contributed by atoms with E-state index in [0.717, 1.165) is 66.0 Å². The molecule has 0 radical (unpaired) electrons. The smallest absolute Gasteiger partial charge is 0.247 e. The molecule has 0 bridgehead atoms. The van der Waals surface area contributed by atoms with Crippen LogP contribution in [-0.4, -0.2) is 58.9 Å². The number of nitrogens with one attached hydrogen (secondary N) is 2. The minimum absolute atomic E-state index is 0.548. The Balaban J connectivity index is 1.30. The van der Waals surface area contributed by atoms with Crippen LogP contribution in [0.5, 0.6) is 11.5 Å². The Morgan fingerprint density at radius 1 is 0.912 bits per heavy atom. The van der Waals surface area contributed by atoms with Crippen molar-refractivity contribution < 1.29 is 9.47 Å². The Morgan fingerprint density at radius 2 is 1.68 bits per heavy atom. The summed E-state index contributed by atoms with van der Waals surface area (Å²) in [6.45, 7) is 9.62. The van der Waals surface area contributed by atoms with Gasteiger partial charge in [-0.3, -0.25) is 0 Å². The molecule has 5 rings (SSSR count). The number of anilines is 3. The minimum Gasteiger partial charge on any atom is -0.486 e. The molecule has 4 aromatic rings. The second-order valence-electron chi connectivity index (χ2n) is 8.13. The highest BCUT2D eigenvalue weighted by Crippen LogP contribution is 2.34. The van der Waals surface area contributed by atoms with E-state index in [-0.39, 0.29) is 0 Å². The predicted octanol–water partition coefficient (Wildman–Crippen LogP) is 4.66. The first-order valence-corrected chi connectivity index (χ1v) is 11.8. The number of fused-ring (bicyclic) bond motifs is 2. The minimum atomic E-state index is 0.548. The average molecular weight is 459 g/mol. The van der Waals surface area contributed by atoms with Gasteiger partial charge in [0, 0.05) is 30.0 Å². The summed E-state index contributed by atoms with van der Waals surface area (Å²) in [5, 5.41) is 11.5. The van der Waals surface area contributed by atoms with Crippen LogP contribution in [0.15, 0.2) is 60.7 Å². The highest BCUT2D eigenvalue weighted by atomic mass is 16.6. The number of hydrogen-bond donors (Lipinski definition) is 2. The lowest BCUT2D eigenvalue weighted by molar-refractivity contribution is 0.171. The number of aromatic nitrogens is 3. The third-order valence-corrected chi connectivity index (χ3v) is 5.99. The Bertz CT molecular complexity index is 1250. The molecule has 3 heterocycles. The quantitative estimate of drug-likeness (QED) is 0.378. The number of rotatable bonds is 9. The van der Waals surface area contributed by atoms with Gasteiger partial charge in [-0.2, -0.15) is 4.98 Å². The van der Waals surface area contributed by atoms with Crippen LogP contribution in [0.4, 0.5) is 17.3 Å². The first-order chi connectivity index (χ1) is 16.7. The number of ether oxygens (including phenoxy) is 2. The molecule has 8 heteroatoms. The van der Waals surface area contributed by atoms with Crippen molar-refractivity contribution in [3.8, 4) is 22.8 Å². The molecule has 2 aromatic carbocycles. The number of benzene rings is 2. The molecule has 0 amide bonds. The van der Waals surface area contributed by atoms with E-state index < -0.39 is 0 Å². The van der Waals surface area contributed by atoms with Gasteiger partial charge in [0.2, 0.25) is 5.95 Å². The lowest BCUT2D eigenvalue weighted by Gasteiger charge is -2.19. The Hall–Kier alpha value is -3.78. The summed E-state index contributed by atoms with van der Waals surface area (Å²) in [5.41, 5.74) is 4.73. The summed E-state index contributed by atoms with van der Waals surface area (Å²) in [6, 6.07) is 20.1. The van der Waals surface area contributed by atoms with Gasteiger partial charge in [0.25, 0.3) is 0 Å². The molecular formula is C26H30N6O2. The maximum atomic E-state index is 5.75. The monoisotopic (exact) mass is 458 g/mol. The van der Waals surface area contributed by atoms with E-state index in [2.05, 4.69) is 46.5 Å². The summed E-state index contributed by atoms with van der Waals surface area (Å²) < 4.78 is 13.2. The van der Waals surface area contributed by atoms with Crippen molar-refractivity contribution in [1.82, 2.24) is 19.5 Å². The van der Waals surface area contributed by atoms with Crippen LogP contribution in [0.2, 0.25) is 0 Å². The molecule has 0 aliphatic carbocycles. The second-order valence-corrected chi connectivity index (χ2v) is 8.13. The van der Waals surface area contributed by atoms with Crippen molar-refractivity contribution in [2.45, 2.75) is 13.8 Å². The van der Waals surface area contributed by atoms with Crippen LogP contribution in [0.3, 0.4) is 0 Å². The van der Waals surface area contributed by atoms with Gasteiger partial charge >= 0.3 is 0 Å². The Kier molecular flexibility index (Phi) is 6.49. The Morgan fingerprint density at radius 3 is 2.47 bits per heavy atom. The number of likely N-dealkylation sites (N-methyl/N-ethyl adjacent to an activating group) is 1. The lowest BCUT2D eigenvalue weighted by atomic mass is 10.1. The third kappa shape index (κ3) is 4.77. The maximum absolute atomic E-state index is 5.75. The molecule has 0 fully saturated rings. The van der Waals surface area contributed by atoms with Crippen molar-refractivity contribution >= 4 is 23.0 Å². The number of hydrogen-bond acceptors (Lipinski definition) is 7. The molecule has 1 aliphatic heterocycles. The molecule has 0 saturated heterocycles. The average Bonchev–Trinajstić information content (AvgIpc) is 3.30. The fraction of sp³-hybridized carbons (Fsp3) is 0.308. The van der Waals surface area contributed by atoms with Gasteiger partial charge in [0.1, 0.15) is 13.2 Å². The van der Waals surface area contributed by atoms with Crippen LogP contribution in [0.1, 0.15) is 13.8 Å².